The Morgan fingerprint density at radius 3 is 2.09 bits per heavy atom. The van der Waals surface area contributed by atoms with Crippen molar-refractivity contribution in [3.8, 4) is 11.1 Å². The molecule has 2 aromatic rings. The Morgan fingerprint density at radius 2 is 1.59 bits per heavy atom. The third-order valence-corrected chi connectivity index (χ3v) is 6.53. The van der Waals surface area contributed by atoms with Gasteiger partial charge in [-0.2, -0.15) is 0 Å². The number of carbonyl (C=O) groups excluding carboxylic acids is 2. The second-order valence-corrected chi connectivity index (χ2v) is 9.03. The number of ether oxygens (including phenoxy) is 1. The van der Waals surface area contributed by atoms with Crippen LogP contribution >= 0.6 is 0 Å². The average molecular weight is 472 g/mol. The van der Waals surface area contributed by atoms with E-state index in [-0.39, 0.29) is 18.4 Å². The van der Waals surface area contributed by atoms with E-state index in [2.05, 4.69) is 10.6 Å². The van der Waals surface area contributed by atoms with Crippen LogP contribution in [0.3, 0.4) is 0 Å². The molecule has 34 heavy (non-hydrogen) atoms. The molecular formula is C25H26F2N2O5. The lowest BCUT2D eigenvalue weighted by atomic mass is 9.98. The van der Waals surface area contributed by atoms with E-state index in [9.17, 15) is 23.2 Å². The van der Waals surface area contributed by atoms with E-state index >= 15 is 0 Å². The van der Waals surface area contributed by atoms with E-state index in [4.69, 9.17) is 9.84 Å². The van der Waals surface area contributed by atoms with Gasteiger partial charge < -0.3 is 20.5 Å². The van der Waals surface area contributed by atoms with Crippen molar-refractivity contribution in [2.45, 2.75) is 31.7 Å². The fourth-order valence-electron chi connectivity index (χ4n) is 4.60. The lowest BCUT2D eigenvalue weighted by Crippen LogP contribution is -2.50. The summed E-state index contributed by atoms with van der Waals surface area (Å²) in [4.78, 5) is 36.0. The van der Waals surface area contributed by atoms with Crippen molar-refractivity contribution in [2.24, 2.45) is 17.8 Å². The van der Waals surface area contributed by atoms with Crippen molar-refractivity contribution in [1.29, 1.82) is 0 Å². The highest BCUT2D eigenvalue weighted by Gasteiger charge is 2.72. The van der Waals surface area contributed by atoms with Gasteiger partial charge in [0, 0.05) is 12.5 Å². The van der Waals surface area contributed by atoms with Gasteiger partial charge in [-0.05, 0) is 28.2 Å². The van der Waals surface area contributed by atoms with Gasteiger partial charge in [-0.15, -0.1) is 0 Å². The Bertz CT molecular complexity index is 1070. The number of carboxylic acid groups (broad SMARTS) is 1. The van der Waals surface area contributed by atoms with Crippen LogP contribution < -0.4 is 10.6 Å². The second-order valence-electron chi connectivity index (χ2n) is 9.03. The lowest BCUT2D eigenvalue weighted by Gasteiger charge is -2.22. The van der Waals surface area contributed by atoms with Crippen LogP contribution in [0.5, 0.6) is 0 Å². The molecule has 2 aliphatic rings. The zero-order chi connectivity index (χ0) is 24.6. The predicted octanol–water partition coefficient (Wildman–Crippen LogP) is 3.63. The number of benzene rings is 2. The van der Waals surface area contributed by atoms with Gasteiger partial charge in [0.2, 0.25) is 5.91 Å². The Hall–Kier alpha value is -3.49. The maximum absolute atomic E-state index is 13.6. The maximum atomic E-state index is 13.6. The van der Waals surface area contributed by atoms with E-state index in [1.807, 2.05) is 48.5 Å². The normalized spacial score (nSPS) is 20.7. The molecular weight excluding hydrogens is 446 g/mol. The fraction of sp³-hybridized carbons (Fsp3) is 0.400. The van der Waals surface area contributed by atoms with Crippen LogP contribution in [0.1, 0.15) is 30.9 Å². The first-order valence-electron chi connectivity index (χ1n) is 11.1. The molecule has 180 valence electrons. The van der Waals surface area contributed by atoms with E-state index in [1.54, 1.807) is 13.8 Å². The first-order chi connectivity index (χ1) is 16.1. The van der Waals surface area contributed by atoms with Crippen molar-refractivity contribution in [2.75, 3.05) is 13.2 Å². The maximum Gasteiger partial charge on any atom is 0.407 e. The number of fused-ring (bicyclic) bond motifs is 3. The molecule has 0 saturated heterocycles. The minimum Gasteiger partial charge on any atom is -0.481 e. The largest absolute Gasteiger partial charge is 0.481 e. The molecule has 2 aliphatic carbocycles. The highest BCUT2D eigenvalue weighted by molar-refractivity contribution is 5.86. The molecule has 0 heterocycles. The quantitative estimate of drug-likeness (QED) is 0.544. The summed E-state index contributed by atoms with van der Waals surface area (Å²) in [5, 5.41) is 13.7. The first kappa shape index (κ1) is 23.7. The van der Waals surface area contributed by atoms with Gasteiger partial charge in [0.1, 0.15) is 18.6 Å². The molecule has 3 N–H and O–H groups in total. The average Bonchev–Trinajstić information content (AvgIpc) is 3.21. The molecule has 9 heteroatoms. The lowest BCUT2D eigenvalue weighted by molar-refractivity contribution is -0.141. The van der Waals surface area contributed by atoms with Crippen LogP contribution in [0.15, 0.2) is 48.5 Å². The molecule has 0 aliphatic heterocycles. The Morgan fingerprint density at radius 1 is 1.03 bits per heavy atom. The molecule has 0 radical (unpaired) electrons. The molecule has 0 spiro atoms. The van der Waals surface area contributed by atoms with Gasteiger partial charge in [-0.3, -0.25) is 9.59 Å². The monoisotopic (exact) mass is 472 g/mol. The number of carboxylic acids is 1. The Kier molecular flexibility index (Phi) is 6.29. The molecule has 2 unspecified atom stereocenters. The Balaban J connectivity index is 1.35. The van der Waals surface area contributed by atoms with E-state index in [1.165, 1.54) is 0 Å². The summed E-state index contributed by atoms with van der Waals surface area (Å²) in [6.45, 7) is 2.97. The number of halogens is 2. The second kappa shape index (κ2) is 9.04. The molecule has 1 fully saturated rings. The molecule has 1 saturated carbocycles. The van der Waals surface area contributed by atoms with Gasteiger partial charge in [-0.1, -0.05) is 62.4 Å². The van der Waals surface area contributed by atoms with Crippen molar-refractivity contribution < 1.29 is 33.0 Å². The van der Waals surface area contributed by atoms with E-state index in [0.29, 0.717) is 0 Å². The molecule has 0 aromatic heterocycles. The van der Waals surface area contributed by atoms with Crippen molar-refractivity contribution in [3.05, 3.63) is 59.7 Å². The zero-order valence-electron chi connectivity index (χ0n) is 18.8. The smallest absolute Gasteiger partial charge is 0.407 e. The van der Waals surface area contributed by atoms with Crippen LogP contribution in [0.2, 0.25) is 0 Å². The van der Waals surface area contributed by atoms with Crippen molar-refractivity contribution in [3.63, 3.8) is 0 Å². The number of rotatable bonds is 8. The Labute approximate surface area is 195 Å². The topological polar surface area (TPSA) is 105 Å². The molecule has 2 aromatic carbocycles. The van der Waals surface area contributed by atoms with Gasteiger partial charge in [0.15, 0.2) is 0 Å². The number of carbonyl (C=O) groups is 3. The van der Waals surface area contributed by atoms with Gasteiger partial charge in [0.05, 0.1) is 5.92 Å². The summed E-state index contributed by atoms with van der Waals surface area (Å²) >= 11 is 0. The van der Waals surface area contributed by atoms with Crippen LogP contribution in [-0.4, -0.2) is 48.2 Å². The molecule has 0 bridgehead atoms. The third kappa shape index (κ3) is 4.34. The number of nitrogens with one attached hydrogen (secondary N) is 2. The van der Waals surface area contributed by atoms with Gasteiger partial charge in [-0.25, -0.2) is 13.6 Å². The van der Waals surface area contributed by atoms with Gasteiger partial charge in [0.25, 0.3) is 5.92 Å². The summed E-state index contributed by atoms with van der Waals surface area (Å²) < 4.78 is 32.6. The van der Waals surface area contributed by atoms with Crippen LogP contribution in [0.4, 0.5) is 13.6 Å². The number of hydrogen-bond acceptors (Lipinski definition) is 4. The van der Waals surface area contributed by atoms with Crippen LogP contribution in [0.25, 0.3) is 11.1 Å². The first-order valence-corrected chi connectivity index (χ1v) is 11.1. The summed E-state index contributed by atoms with van der Waals surface area (Å²) in [5.74, 6) is -9.38. The van der Waals surface area contributed by atoms with Gasteiger partial charge >= 0.3 is 12.1 Å². The highest BCUT2D eigenvalue weighted by atomic mass is 19.3. The summed E-state index contributed by atoms with van der Waals surface area (Å²) in [7, 11) is 0. The molecule has 4 rings (SSSR count). The zero-order valence-corrected chi connectivity index (χ0v) is 18.8. The number of alkyl halides is 2. The van der Waals surface area contributed by atoms with Crippen LogP contribution in [0, 0.1) is 17.8 Å². The fourth-order valence-corrected chi connectivity index (χ4v) is 4.60. The third-order valence-electron chi connectivity index (χ3n) is 6.53. The summed E-state index contributed by atoms with van der Waals surface area (Å²) in [5.41, 5.74) is 4.27. The number of aliphatic carboxylic acids is 1. The highest BCUT2D eigenvalue weighted by Crippen LogP contribution is 2.54. The summed E-state index contributed by atoms with van der Waals surface area (Å²) in [6, 6.07) is 14.8. The summed E-state index contributed by atoms with van der Waals surface area (Å²) in [6.07, 6.45) is -0.795. The minimum atomic E-state index is -3.35. The van der Waals surface area contributed by atoms with E-state index in [0.717, 1.165) is 22.3 Å². The number of hydrogen-bond donors (Lipinski definition) is 3. The van der Waals surface area contributed by atoms with Crippen LogP contribution in [-0.2, 0) is 14.3 Å². The van der Waals surface area contributed by atoms with Crippen molar-refractivity contribution in [1.82, 2.24) is 10.6 Å². The number of alkyl carbamates (subject to hydrolysis) is 1. The minimum absolute atomic E-state index is 0.0703. The molecule has 3 atom stereocenters. The predicted molar refractivity (Wildman–Crippen MR) is 119 cm³/mol. The van der Waals surface area contributed by atoms with E-state index < -0.39 is 48.3 Å². The SMILES string of the molecule is CC(C)[C@@H](NC(=O)OCC1c2ccccc2-c2ccccc21)C(=O)NCC1C(C(=O)O)C1(F)F. The number of amides is 2. The molecule has 7 nitrogen and oxygen atoms in total. The molecule has 2 amide bonds. The standard InChI is InChI=1S/C25H26F2N2O5/c1-13(2)21(22(30)28-11-19-20(23(31)32)25(19,26)27)29-24(33)34-12-18-16-9-5-3-7-14(16)15-8-4-6-10-17(15)18/h3-10,13,18-21H,11-12H2,1-2H3,(H,28,30)(H,29,33)(H,31,32)/t19?,20?,21-/m1/s1. The van der Waals surface area contributed by atoms with Crippen molar-refractivity contribution >= 4 is 18.0 Å².